The molecule has 3 nitrogen and oxygen atoms in total. The maximum Gasteiger partial charge on any atom is 0.175 e. The third-order valence-corrected chi connectivity index (χ3v) is 2.34. The zero-order valence-corrected chi connectivity index (χ0v) is 9.04. The summed E-state index contributed by atoms with van der Waals surface area (Å²) in [5.74, 6) is -1.29. The Labute approximate surface area is 93.6 Å². The van der Waals surface area contributed by atoms with Crippen molar-refractivity contribution >= 4 is 28.0 Å². The first-order chi connectivity index (χ1) is 7.15. The van der Waals surface area contributed by atoms with Gasteiger partial charge in [0.15, 0.2) is 12.1 Å². The molecular weight excluding hydrogens is 265 g/mol. The van der Waals surface area contributed by atoms with Gasteiger partial charge in [0, 0.05) is 5.56 Å². The standard InChI is InChI=1S/C10H5BrFNO2/c11-3-9(15)10-6(4-13)1-2-8(12)7(10)5-14/h1-2,5H,3H2. The van der Waals surface area contributed by atoms with E-state index in [4.69, 9.17) is 5.26 Å². The summed E-state index contributed by atoms with van der Waals surface area (Å²) < 4.78 is 13.2. The SMILES string of the molecule is N#Cc1ccc(F)c(C=O)c1C(=O)CBr. The highest BCUT2D eigenvalue weighted by Gasteiger charge is 2.18. The molecule has 0 unspecified atom stereocenters. The second-order valence-electron chi connectivity index (χ2n) is 2.67. The molecule has 1 rings (SSSR count). The van der Waals surface area contributed by atoms with Crippen LogP contribution in [-0.4, -0.2) is 17.4 Å². The monoisotopic (exact) mass is 269 g/mol. The van der Waals surface area contributed by atoms with Crippen LogP contribution in [0.2, 0.25) is 0 Å². The molecule has 0 N–H and O–H groups in total. The molecule has 1 aromatic carbocycles. The molecule has 0 saturated heterocycles. The van der Waals surface area contributed by atoms with Gasteiger partial charge in [-0.1, -0.05) is 15.9 Å². The first-order valence-electron chi connectivity index (χ1n) is 3.92. The highest BCUT2D eigenvalue weighted by molar-refractivity contribution is 9.09. The van der Waals surface area contributed by atoms with Crippen molar-refractivity contribution < 1.29 is 14.0 Å². The number of nitriles is 1. The maximum absolute atomic E-state index is 13.2. The van der Waals surface area contributed by atoms with E-state index in [1.165, 1.54) is 6.07 Å². The van der Waals surface area contributed by atoms with Crippen molar-refractivity contribution in [1.82, 2.24) is 0 Å². The zero-order chi connectivity index (χ0) is 11.4. The number of rotatable bonds is 3. The highest BCUT2D eigenvalue weighted by Crippen LogP contribution is 2.17. The Morgan fingerprint density at radius 1 is 1.60 bits per heavy atom. The highest BCUT2D eigenvalue weighted by atomic mass is 79.9. The van der Waals surface area contributed by atoms with Crippen molar-refractivity contribution in [2.75, 3.05) is 5.33 Å². The van der Waals surface area contributed by atoms with Gasteiger partial charge in [0.1, 0.15) is 5.82 Å². The molecule has 1 aromatic rings. The molecule has 5 heteroatoms. The molecule has 0 bridgehead atoms. The average Bonchev–Trinajstić information content (AvgIpc) is 2.27. The smallest absolute Gasteiger partial charge is 0.175 e. The van der Waals surface area contributed by atoms with Crippen LogP contribution in [0.25, 0.3) is 0 Å². The lowest BCUT2D eigenvalue weighted by Crippen LogP contribution is -2.09. The van der Waals surface area contributed by atoms with Gasteiger partial charge in [-0.3, -0.25) is 9.59 Å². The predicted octanol–water partition coefficient (Wildman–Crippen LogP) is 2.09. The molecule has 15 heavy (non-hydrogen) atoms. The van der Waals surface area contributed by atoms with Crippen molar-refractivity contribution in [2.45, 2.75) is 0 Å². The normalized spacial score (nSPS) is 9.40. The fourth-order valence-corrected chi connectivity index (χ4v) is 1.45. The Hall–Kier alpha value is -1.54. The Morgan fingerprint density at radius 2 is 2.27 bits per heavy atom. The summed E-state index contributed by atoms with van der Waals surface area (Å²) in [6.45, 7) is 0. The van der Waals surface area contributed by atoms with Crippen LogP contribution in [0, 0.1) is 17.1 Å². The van der Waals surface area contributed by atoms with E-state index in [9.17, 15) is 14.0 Å². The quantitative estimate of drug-likeness (QED) is 0.480. The maximum atomic E-state index is 13.2. The second-order valence-corrected chi connectivity index (χ2v) is 3.23. The van der Waals surface area contributed by atoms with E-state index in [-0.39, 0.29) is 28.3 Å². The molecular formula is C10H5BrFNO2. The number of hydrogen-bond acceptors (Lipinski definition) is 3. The molecule has 0 fully saturated rings. The predicted molar refractivity (Wildman–Crippen MR) is 54.6 cm³/mol. The van der Waals surface area contributed by atoms with E-state index in [2.05, 4.69) is 15.9 Å². The van der Waals surface area contributed by atoms with Gasteiger partial charge in [0.2, 0.25) is 0 Å². The van der Waals surface area contributed by atoms with E-state index in [1.54, 1.807) is 6.07 Å². The summed E-state index contributed by atoms with van der Waals surface area (Å²) in [5.41, 5.74) is -0.522. The largest absolute Gasteiger partial charge is 0.298 e. The van der Waals surface area contributed by atoms with Crippen LogP contribution in [-0.2, 0) is 0 Å². The van der Waals surface area contributed by atoms with Crippen molar-refractivity contribution in [3.8, 4) is 6.07 Å². The summed E-state index contributed by atoms with van der Waals surface area (Å²) in [6.07, 6.45) is 0.242. The first-order valence-corrected chi connectivity index (χ1v) is 5.04. The van der Waals surface area contributed by atoms with Crippen molar-refractivity contribution in [3.05, 3.63) is 34.6 Å². The molecule has 0 aromatic heterocycles. The van der Waals surface area contributed by atoms with Crippen LogP contribution >= 0.6 is 15.9 Å². The van der Waals surface area contributed by atoms with E-state index in [0.29, 0.717) is 0 Å². The molecule has 0 aliphatic rings. The molecule has 0 saturated carbocycles. The van der Waals surface area contributed by atoms with Crippen molar-refractivity contribution in [3.63, 3.8) is 0 Å². The van der Waals surface area contributed by atoms with Crippen LogP contribution in [0.4, 0.5) is 4.39 Å². The number of Topliss-reactive ketones (excluding diaryl/α,β-unsaturated/α-hetero) is 1. The summed E-state index contributed by atoms with van der Waals surface area (Å²) >= 11 is 2.91. The number of carbonyl (C=O) groups excluding carboxylic acids is 2. The fraction of sp³-hybridized carbons (Fsp3) is 0.100. The molecule has 0 spiro atoms. The van der Waals surface area contributed by atoms with E-state index < -0.39 is 11.6 Å². The Kier molecular flexibility index (Phi) is 3.69. The number of nitrogens with zero attached hydrogens (tertiary/aromatic N) is 1. The molecule has 0 heterocycles. The van der Waals surface area contributed by atoms with Crippen LogP contribution < -0.4 is 0 Å². The molecule has 0 aliphatic heterocycles. The van der Waals surface area contributed by atoms with Crippen LogP contribution in [0.15, 0.2) is 12.1 Å². The number of hydrogen-bond donors (Lipinski definition) is 0. The lowest BCUT2D eigenvalue weighted by Gasteiger charge is -2.04. The third-order valence-electron chi connectivity index (χ3n) is 1.83. The van der Waals surface area contributed by atoms with Crippen molar-refractivity contribution in [1.29, 1.82) is 5.26 Å². The van der Waals surface area contributed by atoms with Crippen LogP contribution in [0.5, 0.6) is 0 Å². The van der Waals surface area contributed by atoms with Gasteiger partial charge in [-0.15, -0.1) is 0 Å². The summed E-state index contributed by atoms with van der Waals surface area (Å²) in [7, 11) is 0. The minimum Gasteiger partial charge on any atom is -0.298 e. The number of aldehydes is 1. The number of carbonyl (C=O) groups is 2. The van der Waals surface area contributed by atoms with E-state index in [0.717, 1.165) is 6.07 Å². The third kappa shape index (κ3) is 2.10. The Balaban J connectivity index is 3.56. The molecule has 0 radical (unpaired) electrons. The van der Waals surface area contributed by atoms with Gasteiger partial charge in [-0.05, 0) is 12.1 Å². The lowest BCUT2D eigenvalue weighted by molar-refractivity contribution is 0.101. The number of ketones is 1. The first kappa shape index (κ1) is 11.5. The van der Waals surface area contributed by atoms with Crippen molar-refractivity contribution in [2.24, 2.45) is 0 Å². The van der Waals surface area contributed by atoms with Gasteiger partial charge in [0.05, 0.1) is 22.5 Å². The van der Waals surface area contributed by atoms with Crippen LogP contribution in [0.1, 0.15) is 26.3 Å². The van der Waals surface area contributed by atoms with E-state index in [1.807, 2.05) is 0 Å². The lowest BCUT2D eigenvalue weighted by atomic mass is 9.99. The Bertz CT molecular complexity index is 465. The zero-order valence-electron chi connectivity index (χ0n) is 7.46. The minimum atomic E-state index is -0.798. The summed E-state index contributed by atoms with van der Waals surface area (Å²) in [5, 5.41) is 8.65. The van der Waals surface area contributed by atoms with Gasteiger partial charge < -0.3 is 0 Å². The molecule has 0 aliphatic carbocycles. The summed E-state index contributed by atoms with van der Waals surface area (Å²) in [6, 6.07) is 3.92. The Morgan fingerprint density at radius 3 is 2.73 bits per heavy atom. The van der Waals surface area contributed by atoms with Gasteiger partial charge >= 0.3 is 0 Å². The second kappa shape index (κ2) is 4.80. The topological polar surface area (TPSA) is 57.9 Å². The van der Waals surface area contributed by atoms with Gasteiger partial charge in [0.25, 0.3) is 0 Å². The number of halogens is 2. The number of alkyl halides is 1. The van der Waals surface area contributed by atoms with Gasteiger partial charge in [-0.2, -0.15) is 5.26 Å². The molecule has 76 valence electrons. The fourth-order valence-electron chi connectivity index (χ4n) is 1.17. The number of benzene rings is 1. The average molecular weight is 270 g/mol. The van der Waals surface area contributed by atoms with E-state index >= 15 is 0 Å². The minimum absolute atomic E-state index is 0.00273. The summed E-state index contributed by atoms with van der Waals surface area (Å²) in [4.78, 5) is 22.0. The van der Waals surface area contributed by atoms with Gasteiger partial charge in [-0.25, -0.2) is 4.39 Å². The molecule has 0 amide bonds. The molecule has 0 atom stereocenters. The van der Waals surface area contributed by atoms with Crippen LogP contribution in [0.3, 0.4) is 0 Å².